The summed E-state index contributed by atoms with van der Waals surface area (Å²) in [7, 11) is 1.45. The van der Waals surface area contributed by atoms with E-state index in [1.165, 1.54) is 26.4 Å². The van der Waals surface area contributed by atoms with Gasteiger partial charge in [0.25, 0.3) is 0 Å². The number of likely N-dealkylation sites (tertiary alicyclic amines) is 1. The van der Waals surface area contributed by atoms with Crippen LogP contribution in [0.4, 0.5) is 0 Å². The molecular weight excluding hydrogens is 178 g/mol. The highest BCUT2D eigenvalue weighted by Gasteiger charge is 2.18. The standard InChI is InChI=1S/C11H21NO2/c1-3-10-5-4-7-12(9-10)8-6-11(13)14-2/h10H,3-9H2,1-2H3/t10-/m0/s1. The molecule has 0 amide bonds. The highest BCUT2D eigenvalue weighted by molar-refractivity contribution is 5.69. The largest absolute Gasteiger partial charge is 0.469 e. The molecule has 0 bridgehead atoms. The van der Waals surface area contributed by atoms with Gasteiger partial charge in [-0.1, -0.05) is 13.3 Å². The summed E-state index contributed by atoms with van der Waals surface area (Å²) in [6.07, 6.45) is 4.42. The van der Waals surface area contributed by atoms with Crippen LogP contribution in [0.1, 0.15) is 32.6 Å². The van der Waals surface area contributed by atoms with Gasteiger partial charge in [0.15, 0.2) is 0 Å². The Balaban J connectivity index is 2.20. The van der Waals surface area contributed by atoms with Crippen LogP contribution in [0.5, 0.6) is 0 Å². The molecule has 14 heavy (non-hydrogen) atoms. The van der Waals surface area contributed by atoms with E-state index in [4.69, 9.17) is 0 Å². The highest BCUT2D eigenvalue weighted by atomic mass is 16.5. The molecule has 82 valence electrons. The molecule has 0 radical (unpaired) electrons. The van der Waals surface area contributed by atoms with E-state index in [-0.39, 0.29) is 5.97 Å². The van der Waals surface area contributed by atoms with Gasteiger partial charge in [0.2, 0.25) is 0 Å². The maximum atomic E-state index is 11.0. The second-order valence-corrected chi connectivity index (χ2v) is 4.04. The number of rotatable bonds is 4. The minimum absolute atomic E-state index is 0.0939. The summed E-state index contributed by atoms with van der Waals surface area (Å²) in [5.74, 6) is 0.741. The number of methoxy groups -OCH3 is 1. The number of ether oxygens (including phenoxy) is 1. The van der Waals surface area contributed by atoms with Crippen molar-refractivity contribution in [3.8, 4) is 0 Å². The monoisotopic (exact) mass is 199 g/mol. The first-order valence-corrected chi connectivity index (χ1v) is 5.55. The van der Waals surface area contributed by atoms with Gasteiger partial charge in [-0.15, -0.1) is 0 Å². The molecule has 0 spiro atoms. The first-order chi connectivity index (χ1) is 6.76. The molecule has 1 aliphatic rings. The second-order valence-electron chi connectivity index (χ2n) is 4.04. The van der Waals surface area contributed by atoms with E-state index in [0.717, 1.165) is 25.6 Å². The van der Waals surface area contributed by atoms with E-state index in [1.54, 1.807) is 0 Å². The average Bonchev–Trinajstić information content (AvgIpc) is 2.26. The minimum atomic E-state index is -0.0939. The first-order valence-electron chi connectivity index (χ1n) is 5.55. The third-order valence-corrected chi connectivity index (χ3v) is 3.04. The van der Waals surface area contributed by atoms with Crippen molar-refractivity contribution in [3.05, 3.63) is 0 Å². The summed E-state index contributed by atoms with van der Waals surface area (Å²) < 4.78 is 4.63. The van der Waals surface area contributed by atoms with Crippen molar-refractivity contribution < 1.29 is 9.53 Å². The summed E-state index contributed by atoms with van der Waals surface area (Å²) in [6, 6.07) is 0. The van der Waals surface area contributed by atoms with Crippen LogP contribution < -0.4 is 0 Å². The molecule has 0 aromatic carbocycles. The Morgan fingerprint density at radius 1 is 1.57 bits per heavy atom. The molecule has 3 nitrogen and oxygen atoms in total. The van der Waals surface area contributed by atoms with Crippen LogP contribution >= 0.6 is 0 Å². The second kappa shape index (κ2) is 6.02. The number of esters is 1. The lowest BCUT2D eigenvalue weighted by Crippen LogP contribution is -2.36. The smallest absolute Gasteiger partial charge is 0.306 e. The molecular formula is C11H21NO2. The normalized spacial score (nSPS) is 23.4. The van der Waals surface area contributed by atoms with Crippen molar-refractivity contribution >= 4 is 5.97 Å². The summed E-state index contributed by atoms with van der Waals surface area (Å²) >= 11 is 0. The van der Waals surface area contributed by atoms with Crippen LogP contribution in [-0.2, 0) is 9.53 Å². The van der Waals surface area contributed by atoms with Gasteiger partial charge in [-0.05, 0) is 25.3 Å². The molecule has 0 saturated carbocycles. The predicted molar refractivity (Wildman–Crippen MR) is 56.1 cm³/mol. The number of hydrogen-bond acceptors (Lipinski definition) is 3. The molecule has 1 rings (SSSR count). The van der Waals surface area contributed by atoms with Crippen molar-refractivity contribution in [1.82, 2.24) is 4.90 Å². The zero-order chi connectivity index (χ0) is 10.4. The van der Waals surface area contributed by atoms with E-state index in [9.17, 15) is 4.79 Å². The molecule has 1 aliphatic heterocycles. The Bertz CT molecular complexity index is 182. The van der Waals surface area contributed by atoms with Gasteiger partial charge in [-0.2, -0.15) is 0 Å². The highest BCUT2D eigenvalue weighted by Crippen LogP contribution is 2.18. The molecule has 1 saturated heterocycles. The molecule has 1 heterocycles. The van der Waals surface area contributed by atoms with Crippen molar-refractivity contribution in [1.29, 1.82) is 0 Å². The summed E-state index contributed by atoms with van der Waals surface area (Å²) in [6.45, 7) is 5.42. The van der Waals surface area contributed by atoms with Crippen molar-refractivity contribution in [2.45, 2.75) is 32.6 Å². The van der Waals surface area contributed by atoms with E-state index >= 15 is 0 Å². The molecule has 1 atom stereocenters. The Labute approximate surface area is 86.4 Å². The number of carbonyl (C=O) groups is 1. The quantitative estimate of drug-likeness (QED) is 0.645. The predicted octanol–water partition coefficient (Wildman–Crippen LogP) is 1.67. The zero-order valence-electron chi connectivity index (χ0n) is 9.29. The Hall–Kier alpha value is -0.570. The van der Waals surface area contributed by atoms with E-state index in [0.29, 0.717) is 6.42 Å². The molecule has 0 aliphatic carbocycles. The van der Waals surface area contributed by atoms with Crippen LogP contribution in [0.25, 0.3) is 0 Å². The van der Waals surface area contributed by atoms with Crippen LogP contribution in [0.15, 0.2) is 0 Å². The lowest BCUT2D eigenvalue weighted by atomic mass is 9.95. The van der Waals surface area contributed by atoms with Crippen molar-refractivity contribution in [2.75, 3.05) is 26.7 Å². The lowest BCUT2D eigenvalue weighted by Gasteiger charge is -2.31. The first kappa shape index (κ1) is 11.5. The number of piperidine rings is 1. The molecule has 0 aromatic rings. The van der Waals surface area contributed by atoms with Crippen LogP contribution in [-0.4, -0.2) is 37.6 Å². The zero-order valence-corrected chi connectivity index (χ0v) is 9.29. The summed E-state index contributed by atoms with van der Waals surface area (Å²) in [5, 5.41) is 0. The average molecular weight is 199 g/mol. The van der Waals surface area contributed by atoms with Crippen molar-refractivity contribution in [2.24, 2.45) is 5.92 Å². The third-order valence-electron chi connectivity index (χ3n) is 3.04. The van der Waals surface area contributed by atoms with Gasteiger partial charge < -0.3 is 9.64 Å². The Kier molecular flexibility index (Phi) is 4.94. The molecule has 0 aromatic heterocycles. The third kappa shape index (κ3) is 3.66. The van der Waals surface area contributed by atoms with Gasteiger partial charge >= 0.3 is 5.97 Å². The van der Waals surface area contributed by atoms with E-state index in [1.807, 2.05) is 0 Å². The van der Waals surface area contributed by atoms with E-state index in [2.05, 4.69) is 16.6 Å². The SMILES string of the molecule is CC[C@H]1CCCN(CCC(=O)OC)C1. The Morgan fingerprint density at radius 2 is 2.36 bits per heavy atom. The van der Waals surface area contributed by atoms with E-state index < -0.39 is 0 Å². The van der Waals surface area contributed by atoms with Gasteiger partial charge in [-0.3, -0.25) is 4.79 Å². The van der Waals surface area contributed by atoms with Crippen LogP contribution in [0.2, 0.25) is 0 Å². The Morgan fingerprint density at radius 3 is 3.00 bits per heavy atom. The lowest BCUT2D eigenvalue weighted by molar-refractivity contribution is -0.141. The number of nitrogens with zero attached hydrogens (tertiary/aromatic N) is 1. The van der Waals surface area contributed by atoms with Gasteiger partial charge in [0.05, 0.1) is 13.5 Å². The summed E-state index contributed by atoms with van der Waals surface area (Å²) in [5.41, 5.74) is 0. The van der Waals surface area contributed by atoms with Crippen LogP contribution in [0, 0.1) is 5.92 Å². The maximum Gasteiger partial charge on any atom is 0.306 e. The topological polar surface area (TPSA) is 29.5 Å². The van der Waals surface area contributed by atoms with Gasteiger partial charge in [-0.25, -0.2) is 0 Å². The molecule has 0 N–H and O–H groups in total. The van der Waals surface area contributed by atoms with Crippen molar-refractivity contribution in [3.63, 3.8) is 0 Å². The molecule has 0 unspecified atom stereocenters. The maximum absolute atomic E-state index is 11.0. The number of hydrogen-bond donors (Lipinski definition) is 0. The fourth-order valence-corrected chi connectivity index (χ4v) is 2.04. The molecule has 1 fully saturated rings. The van der Waals surface area contributed by atoms with Gasteiger partial charge in [0.1, 0.15) is 0 Å². The molecule has 3 heteroatoms. The fraction of sp³-hybridized carbons (Fsp3) is 0.909. The fourth-order valence-electron chi connectivity index (χ4n) is 2.04. The van der Waals surface area contributed by atoms with Crippen LogP contribution in [0.3, 0.4) is 0 Å². The minimum Gasteiger partial charge on any atom is -0.469 e. The number of carbonyl (C=O) groups excluding carboxylic acids is 1. The summed E-state index contributed by atoms with van der Waals surface area (Å²) in [4.78, 5) is 13.3. The van der Waals surface area contributed by atoms with Gasteiger partial charge in [0, 0.05) is 13.1 Å².